The summed E-state index contributed by atoms with van der Waals surface area (Å²) in [5.41, 5.74) is 0.182. The van der Waals surface area contributed by atoms with Crippen LogP contribution in [0.3, 0.4) is 0 Å². The molecule has 0 fully saturated rings. The fraction of sp³-hybridized carbons (Fsp3) is 0.364. The van der Waals surface area contributed by atoms with Crippen molar-refractivity contribution in [3.05, 3.63) is 30.1 Å². The van der Waals surface area contributed by atoms with E-state index in [9.17, 15) is 18.4 Å². The number of ketones is 1. The van der Waals surface area contributed by atoms with Crippen molar-refractivity contribution in [3.63, 3.8) is 0 Å². The molecule has 0 saturated heterocycles. The van der Waals surface area contributed by atoms with Crippen LogP contribution in [0.25, 0.3) is 0 Å². The van der Waals surface area contributed by atoms with Gasteiger partial charge in [-0.1, -0.05) is 6.07 Å². The summed E-state index contributed by atoms with van der Waals surface area (Å²) in [6.45, 7) is 1.18. The minimum Gasteiger partial charge on any atom is -0.461 e. The number of rotatable bonds is 5. The van der Waals surface area contributed by atoms with E-state index in [-0.39, 0.29) is 12.3 Å². The Morgan fingerprint density at radius 3 is 2.65 bits per heavy atom. The van der Waals surface area contributed by atoms with E-state index in [4.69, 9.17) is 0 Å². The molecule has 92 valence electrons. The third kappa shape index (κ3) is 3.30. The largest absolute Gasteiger partial charge is 0.461 e. The fourth-order valence-corrected chi connectivity index (χ4v) is 1.11. The lowest BCUT2D eigenvalue weighted by Gasteiger charge is -2.12. The highest BCUT2D eigenvalue weighted by Gasteiger charge is 2.48. The molecule has 0 spiro atoms. The molecule has 0 bridgehead atoms. The molecule has 0 atom stereocenters. The zero-order valence-electron chi connectivity index (χ0n) is 9.15. The van der Waals surface area contributed by atoms with Crippen molar-refractivity contribution >= 4 is 11.8 Å². The van der Waals surface area contributed by atoms with Crippen LogP contribution >= 0.6 is 0 Å². The lowest BCUT2D eigenvalue weighted by atomic mass is 10.1. The Labute approximate surface area is 96.6 Å². The van der Waals surface area contributed by atoms with Gasteiger partial charge in [-0.05, 0) is 19.1 Å². The Balaban J connectivity index is 2.73. The average Bonchev–Trinajstić information content (AvgIpc) is 2.30. The maximum absolute atomic E-state index is 13.2. The summed E-state index contributed by atoms with van der Waals surface area (Å²) in [5, 5.41) is 0. The van der Waals surface area contributed by atoms with Crippen LogP contribution in [0, 0.1) is 0 Å². The monoisotopic (exact) mass is 243 g/mol. The SMILES string of the molecule is CCOC(=O)C(F)(F)C(=O)Cc1ccccn1. The van der Waals surface area contributed by atoms with Crippen molar-refractivity contribution in [2.24, 2.45) is 0 Å². The van der Waals surface area contributed by atoms with Crippen molar-refractivity contribution < 1.29 is 23.1 Å². The summed E-state index contributed by atoms with van der Waals surface area (Å²) < 4.78 is 30.6. The van der Waals surface area contributed by atoms with E-state index in [1.807, 2.05) is 0 Å². The van der Waals surface area contributed by atoms with Crippen LogP contribution in [-0.2, 0) is 20.7 Å². The number of aromatic nitrogens is 1. The second kappa shape index (κ2) is 5.47. The number of esters is 1. The number of ether oxygens (including phenoxy) is 1. The molecule has 0 radical (unpaired) electrons. The second-order valence-electron chi connectivity index (χ2n) is 3.22. The van der Waals surface area contributed by atoms with Crippen molar-refractivity contribution in [3.8, 4) is 0 Å². The van der Waals surface area contributed by atoms with E-state index >= 15 is 0 Å². The molecule has 1 aromatic rings. The molecule has 6 heteroatoms. The highest BCUT2D eigenvalue weighted by atomic mass is 19.3. The maximum Gasteiger partial charge on any atom is 0.400 e. The molecule has 4 nitrogen and oxygen atoms in total. The molecular weight excluding hydrogens is 232 g/mol. The van der Waals surface area contributed by atoms with Gasteiger partial charge in [-0.3, -0.25) is 9.78 Å². The maximum atomic E-state index is 13.2. The van der Waals surface area contributed by atoms with Gasteiger partial charge in [-0.25, -0.2) is 4.79 Å². The molecule has 1 heterocycles. The highest BCUT2D eigenvalue weighted by Crippen LogP contribution is 2.19. The van der Waals surface area contributed by atoms with E-state index in [1.165, 1.54) is 19.2 Å². The van der Waals surface area contributed by atoms with Crippen molar-refractivity contribution in [2.45, 2.75) is 19.3 Å². The standard InChI is InChI=1S/C11H11F2NO3/c1-2-17-10(16)11(12,13)9(15)7-8-5-3-4-6-14-8/h3-6H,2,7H2,1H3. The second-order valence-corrected chi connectivity index (χ2v) is 3.22. The van der Waals surface area contributed by atoms with Crippen LogP contribution in [0.2, 0.25) is 0 Å². The average molecular weight is 243 g/mol. The topological polar surface area (TPSA) is 56.3 Å². The van der Waals surface area contributed by atoms with Gasteiger partial charge in [0.2, 0.25) is 5.78 Å². The molecule has 0 N–H and O–H groups in total. The van der Waals surface area contributed by atoms with Crippen LogP contribution in [-0.4, -0.2) is 29.3 Å². The first-order valence-corrected chi connectivity index (χ1v) is 4.96. The lowest BCUT2D eigenvalue weighted by Crippen LogP contribution is -2.40. The summed E-state index contributed by atoms with van der Waals surface area (Å²) in [6, 6.07) is 4.59. The highest BCUT2D eigenvalue weighted by molar-refractivity contribution is 6.05. The van der Waals surface area contributed by atoms with Gasteiger partial charge in [0.15, 0.2) is 0 Å². The molecule has 1 rings (SSSR count). The molecular formula is C11H11F2NO3. The third-order valence-electron chi connectivity index (χ3n) is 1.95. The molecule has 0 amide bonds. The number of nitrogens with zero attached hydrogens (tertiary/aromatic N) is 1. The van der Waals surface area contributed by atoms with E-state index in [2.05, 4.69) is 9.72 Å². The number of carbonyl (C=O) groups is 2. The molecule has 0 aliphatic rings. The number of carbonyl (C=O) groups excluding carboxylic acids is 2. The van der Waals surface area contributed by atoms with Gasteiger partial charge in [0.1, 0.15) is 0 Å². The Hall–Kier alpha value is -1.85. The van der Waals surface area contributed by atoms with Gasteiger partial charge < -0.3 is 4.74 Å². The molecule has 0 aliphatic heterocycles. The van der Waals surface area contributed by atoms with Gasteiger partial charge in [0.05, 0.1) is 13.0 Å². The molecule has 0 aromatic carbocycles. The Bertz CT molecular complexity index is 406. The quantitative estimate of drug-likeness (QED) is 0.579. The van der Waals surface area contributed by atoms with E-state index in [0.29, 0.717) is 0 Å². The van der Waals surface area contributed by atoms with Crippen LogP contribution in [0.5, 0.6) is 0 Å². The Kier molecular flexibility index (Phi) is 4.25. The number of alkyl halides is 2. The van der Waals surface area contributed by atoms with Crippen LogP contribution in [0.4, 0.5) is 8.78 Å². The first kappa shape index (κ1) is 13.2. The minimum absolute atomic E-state index is 0.182. The zero-order valence-corrected chi connectivity index (χ0v) is 9.15. The van der Waals surface area contributed by atoms with Gasteiger partial charge in [-0.15, -0.1) is 0 Å². The Morgan fingerprint density at radius 1 is 1.41 bits per heavy atom. The summed E-state index contributed by atoms with van der Waals surface area (Å²) in [4.78, 5) is 25.9. The van der Waals surface area contributed by atoms with Gasteiger partial charge >= 0.3 is 11.9 Å². The first-order valence-electron chi connectivity index (χ1n) is 4.96. The molecule has 1 aromatic heterocycles. The third-order valence-corrected chi connectivity index (χ3v) is 1.95. The first-order chi connectivity index (χ1) is 7.98. The van der Waals surface area contributed by atoms with E-state index in [1.54, 1.807) is 12.1 Å². The number of hydrogen-bond donors (Lipinski definition) is 0. The molecule has 0 unspecified atom stereocenters. The molecule has 0 aliphatic carbocycles. The van der Waals surface area contributed by atoms with Crippen LogP contribution < -0.4 is 0 Å². The van der Waals surface area contributed by atoms with E-state index < -0.39 is 24.1 Å². The predicted molar refractivity (Wildman–Crippen MR) is 54.5 cm³/mol. The number of halogens is 2. The summed E-state index contributed by atoms with van der Waals surface area (Å²) in [7, 11) is 0. The van der Waals surface area contributed by atoms with Crippen LogP contribution in [0.15, 0.2) is 24.4 Å². The molecule has 0 saturated carbocycles. The summed E-state index contributed by atoms with van der Waals surface area (Å²) in [5.74, 6) is -7.45. The van der Waals surface area contributed by atoms with Gasteiger partial charge in [-0.2, -0.15) is 8.78 Å². The number of hydrogen-bond acceptors (Lipinski definition) is 4. The smallest absolute Gasteiger partial charge is 0.400 e. The zero-order chi connectivity index (χ0) is 12.9. The lowest BCUT2D eigenvalue weighted by molar-refractivity contribution is -0.176. The number of pyridine rings is 1. The Morgan fingerprint density at radius 2 is 2.12 bits per heavy atom. The van der Waals surface area contributed by atoms with Crippen LogP contribution in [0.1, 0.15) is 12.6 Å². The van der Waals surface area contributed by atoms with Crippen molar-refractivity contribution in [2.75, 3.05) is 6.61 Å². The summed E-state index contributed by atoms with van der Waals surface area (Å²) in [6.07, 6.45) is 0.776. The molecule has 17 heavy (non-hydrogen) atoms. The predicted octanol–water partition coefficient (Wildman–Crippen LogP) is 1.39. The normalized spacial score (nSPS) is 11.0. The number of Topliss-reactive ketones (excluding diaryl/α,β-unsaturated/α-hetero) is 1. The van der Waals surface area contributed by atoms with Gasteiger partial charge in [0.25, 0.3) is 0 Å². The van der Waals surface area contributed by atoms with Crippen molar-refractivity contribution in [1.82, 2.24) is 4.98 Å². The van der Waals surface area contributed by atoms with Crippen molar-refractivity contribution in [1.29, 1.82) is 0 Å². The van der Waals surface area contributed by atoms with Gasteiger partial charge in [0, 0.05) is 11.9 Å². The minimum atomic E-state index is -4.12. The van der Waals surface area contributed by atoms with E-state index in [0.717, 1.165) is 0 Å². The fourth-order valence-electron chi connectivity index (χ4n) is 1.11. The summed E-state index contributed by atoms with van der Waals surface area (Å²) >= 11 is 0.